The van der Waals surface area contributed by atoms with E-state index in [1.165, 1.54) is 0 Å². The molecule has 0 saturated carbocycles. The van der Waals surface area contributed by atoms with Gasteiger partial charge in [-0.2, -0.15) is 5.10 Å². The van der Waals surface area contributed by atoms with Gasteiger partial charge in [-0.15, -0.1) is 0 Å². The van der Waals surface area contributed by atoms with Gasteiger partial charge in [0.15, 0.2) is 0 Å². The number of pyridine rings is 1. The van der Waals surface area contributed by atoms with E-state index >= 15 is 0 Å². The largest absolute Gasteiger partial charge is 0.506 e. The molecular weight excluding hydrogens is 273 g/mol. The number of fused-ring (bicyclic) bond motifs is 1. The summed E-state index contributed by atoms with van der Waals surface area (Å²) in [6, 6.07) is 8.55. The molecule has 0 fully saturated rings. The van der Waals surface area contributed by atoms with E-state index < -0.39 is 0 Å². The van der Waals surface area contributed by atoms with Crippen molar-refractivity contribution in [2.24, 2.45) is 0 Å². The first-order valence-electron chi connectivity index (χ1n) is 5.15. The van der Waals surface area contributed by atoms with Crippen LogP contribution in [0.4, 0.5) is 0 Å². The molecule has 2 aromatic heterocycles. The van der Waals surface area contributed by atoms with Gasteiger partial charge in [-0.3, -0.25) is 0 Å². The van der Waals surface area contributed by atoms with Gasteiger partial charge in [0.25, 0.3) is 0 Å². The number of para-hydroxylation sites is 2. The molecule has 1 aromatic carbocycles. The van der Waals surface area contributed by atoms with Crippen LogP contribution in [0.1, 0.15) is 0 Å². The second-order valence-corrected chi connectivity index (χ2v) is 4.46. The number of aromatic hydroxyl groups is 1. The number of benzene rings is 1. The van der Waals surface area contributed by atoms with E-state index in [0.29, 0.717) is 21.7 Å². The molecule has 6 heteroatoms. The maximum absolute atomic E-state index is 9.84. The molecule has 0 spiro atoms. The molecule has 0 radical (unpaired) electrons. The van der Waals surface area contributed by atoms with E-state index in [2.05, 4.69) is 10.1 Å². The van der Waals surface area contributed by atoms with E-state index in [9.17, 15) is 5.11 Å². The predicted octanol–water partition coefficient (Wildman–Crippen LogP) is 3.43. The summed E-state index contributed by atoms with van der Waals surface area (Å²) in [6.07, 6.45) is 1.59. The number of aromatic nitrogens is 3. The van der Waals surface area contributed by atoms with Gasteiger partial charge in [0.2, 0.25) is 0 Å². The summed E-state index contributed by atoms with van der Waals surface area (Å²) < 4.78 is 1.57. The molecule has 0 aliphatic carbocycles. The van der Waals surface area contributed by atoms with E-state index in [1.54, 1.807) is 35.1 Å². The number of phenolic OH excluding ortho intramolecular Hbond substituents is 1. The molecule has 3 rings (SSSR count). The lowest BCUT2D eigenvalue weighted by molar-refractivity contribution is 0.471. The van der Waals surface area contributed by atoms with Crippen LogP contribution in [0.25, 0.3) is 16.6 Å². The Hall–Kier alpha value is -1.78. The Morgan fingerprint density at radius 2 is 1.94 bits per heavy atom. The van der Waals surface area contributed by atoms with Crippen molar-refractivity contribution in [2.75, 3.05) is 0 Å². The van der Waals surface area contributed by atoms with Gasteiger partial charge in [0.1, 0.15) is 21.7 Å². The normalized spacial score (nSPS) is 11.0. The Balaban J connectivity index is 2.34. The third-order valence-electron chi connectivity index (χ3n) is 2.60. The van der Waals surface area contributed by atoms with Crippen LogP contribution in [0.2, 0.25) is 10.3 Å². The molecule has 0 atom stereocenters. The van der Waals surface area contributed by atoms with Gasteiger partial charge >= 0.3 is 0 Å². The van der Waals surface area contributed by atoms with Crippen LogP contribution in [-0.4, -0.2) is 19.9 Å². The van der Waals surface area contributed by atoms with Gasteiger partial charge in [-0.1, -0.05) is 35.3 Å². The molecule has 0 aliphatic rings. The highest BCUT2D eigenvalue weighted by Gasteiger charge is 2.12. The highest BCUT2D eigenvalue weighted by atomic mass is 35.5. The van der Waals surface area contributed by atoms with Crippen molar-refractivity contribution in [3.8, 4) is 11.4 Å². The Labute approximate surface area is 112 Å². The minimum Gasteiger partial charge on any atom is -0.506 e. The molecule has 0 aliphatic heterocycles. The topological polar surface area (TPSA) is 50.9 Å². The number of hydrogen-bond donors (Lipinski definition) is 1. The van der Waals surface area contributed by atoms with E-state index in [0.717, 1.165) is 0 Å². The summed E-state index contributed by atoms with van der Waals surface area (Å²) in [5.41, 5.74) is 1.26. The third kappa shape index (κ3) is 1.70. The van der Waals surface area contributed by atoms with Crippen molar-refractivity contribution >= 4 is 34.1 Å². The second-order valence-electron chi connectivity index (χ2n) is 3.71. The zero-order valence-electron chi connectivity index (χ0n) is 9.01. The number of nitrogens with zero attached hydrogens (tertiary/aromatic N) is 3. The Morgan fingerprint density at radius 1 is 1.17 bits per heavy atom. The van der Waals surface area contributed by atoms with Crippen molar-refractivity contribution in [3.63, 3.8) is 0 Å². The molecule has 90 valence electrons. The zero-order valence-corrected chi connectivity index (χ0v) is 10.5. The second kappa shape index (κ2) is 4.15. The molecule has 1 N–H and O–H groups in total. The van der Waals surface area contributed by atoms with Gasteiger partial charge in [-0.25, -0.2) is 9.67 Å². The average molecular weight is 280 g/mol. The molecule has 0 saturated heterocycles. The van der Waals surface area contributed by atoms with Crippen LogP contribution in [0.15, 0.2) is 36.5 Å². The fraction of sp³-hybridized carbons (Fsp3) is 0. The van der Waals surface area contributed by atoms with Crippen LogP contribution >= 0.6 is 23.2 Å². The zero-order chi connectivity index (χ0) is 12.7. The third-order valence-corrected chi connectivity index (χ3v) is 3.08. The van der Waals surface area contributed by atoms with Gasteiger partial charge in [0, 0.05) is 6.07 Å². The first kappa shape index (κ1) is 11.3. The van der Waals surface area contributed by atoms with Crippen molar-refractivity contribution in [2.45, 2.75) is 0 Å². The standard InChI is InChI=1S/C12H7Cl2N3O/c13-11-5-9-7(12(14)16-11)6-15-17(9)8-3-1-2-4-10(8)18/h1-6,18H. The molecular formula is C12H7Cl2N3O. The first-order chi connectivity index (χ1) is 8.66. The highest BCUT2D eigenvalue weighted by Crippen LogP contribution is 2.29. The minimum absolute atomic E-state index is 0.131. The average Bonchev–Trinajstić information content (AvgIpc) is 2.73. The molecule has 0 amide bonds. The van der Waals surface area contributed by atoms with Crippen molar-refractivity contribution in [3.05, 3.63) is 46.8 Å². The fourth-order valence-corrected chi connectivity index (χ4v) is 2.26. The van der Waals surface area contributed by atoms with E-state index in [-0.39, 0.29) is 10.9 Å². The molecule has 2 heterocycles. The summed E-state index contributed by atoms with van der Waals surface area (Å²) in [5.74, 6) is 0.131. The number of halogens is 2. The quantitative estimate of drug-likeness (QED) is 0.695. The highest BCUT2D eigenvalue weighted by molar-refractivity contribution is 6.36. The van der Waals surface area contributed by atoms with Crippen molar-refractivity contribution in [1.82, 2.24) is 14.8 Å². The molecule has 3 aromatic rings. The number of phenols is 1. The Bertz CT molecular complexity index is 739. The van der Waals surface area contributed by atoms with Gasteiger partial charge in [-0.05, 0) is 12.1 Å². The lowest BCUT2D eigenvalue weighted by Crippen LogP contribution is -1.96. The molecule has 18 heavy (non-hydrogen) atoms. The monoisotopic (exact) mass is 279 g/mol. The number of rotatable bonds is 1. The molecule has 0 unspecified atom stereocenters. The van der Waals surface area contributed by atoms with Gasteiger partial charge in [0.05, 0.1) is 17.1 Å². The van der Waals surface area contributed by atoms with Crippen LogP contribution in [0.5, 0.6) is 5.75 Å². The van der Waals surface area contributed by atoms with Crippen LogP contribution in [0.3, 0.4) is 0 Å². The number of hydrogen-bond acceptors (Lipinski definition) is 3. The van der Waals surface area contributed by atoms with E-state index in [4.69, 9.17) is 23.2 Å². The summed E-state index contributed by atoms with van der Waals surface area (Å²) in [4.78, 5) is 3.95. The SMILES string of the molecule is Oc1ccccc1-n1ncc2c(Cl)nc(Cl)cc21. The van der Waals surface area contributed by atoms with Crippen molar-refractivity contribution < 1.29 is 5.11 Å². The maximum Gasteiger partial charge on any atom is 0.141 e. The maximum atomic E-state index is 9.84. The van der Waals surface area contributed by atoms with Gasteiger partial charge < -0.3 is 5.11 Å². The Kier molecular flexibility index (Phi) is 2.61. The first-order valence-corrected chi connectivity index (χ1v) is 5.90. The summed E-state index contributed by atoms with van der Waals surface area (Å²) in [6.45, 7) is 0. The molecule has 0 bridgehead atoms. The van der Waals surface area contributed by atoms with Crippen LogP contribution < -0.4 is 0 Å². The molecule has 4 nitrogen and oxygen atoms in total. The summed E-state index contributed by atoms with van der Waals surface area (Å²) >= 11 is 11.9. The van der Waals surface area contributed by atoms with Crippen LogP contribution in [0, 0.1) is 0 Å². The van der Waals surface area contributed by atoms with Crippen molar-refractivity contribution in [1.29, 1.82) is 0 Å². The summed E-state index contributed by atoms with van der Waals surface area (Å²) in [5, 5.41) is 15.3. The summed E-state index contributed by atoms with van der Waals surface area (Å²) in [7, 11) is 0. The Morgan fingerprint density at radius 3 is 2.72 bits per heavy atom. The minimum atomic E-state index is 0.131. The van der Waals surface area contributed by atoms with E-state index in [1.807, 2.05) is 6.07 Å². The fourth-order valence-electron chi connectivity index (χ4n) is 1.79. The lowest BCUT2D eigenvalue weighted by atomic mass is 10.3. The predicted molar refractivity (Wildman–Crippen MR) is 70.5 cm³/mol. The lowest BCUT2D eigenvalue weighted by Gasteiger charge is -2.05. The smallest absolute Gasteiger partial charge is 0.141 e. The van der Waals surface area contributed by atoms with Crippen LogP contribution in [-0.2, 0) is 0 Å².